The van der Waals surface area contributed by atoms with Crippen LogP contribution in [0.5, 0.6) is 11.5 Å². The van der Waals surface area contributed by atoms with E-state index in [2.05, 4.69) is 49.3 Å². The Morgan fingerprint density at radius 3 is 1.37 bits per heavy atom. The van der Waals surface area contributed by atoms with Crippen LogP contribution in [0.25, 0.3) is 22.1 Å². The fraction of sp³-hybridized carbons (Fsp3) is 0.440. The Kier molecular flexibility index (Phi) is 16.5. The predicted octanol–water partition coefficient (Wildman–Crippen LogP) is 11.3. The van der Waals surface area contributed by atoms with Crippen molar-refractivity contribution in [3.63, 3.8) is 0 Å². The molecular formula is C50H60F6N6O6Si2. The van der Waals surface area contributed by atoms with E-state index in [0.29, 0.717) is 29.9 Å². The maximum Gasteiger partial charge on any atom is 0.429 e. The maximum absolute atomic E-state index is 14.8. The Morgan fingerprint density at radius 1 is 0.571 bits per heavy atom. The predicted molar refractivity (Wildman–Crippen MR) is 260 cm³/mol. The molecule has 2 aromatic heterocycles. The number of nitriles is 2. The van der Waals surface area contributed by atoms with Crippen LogP contribution in [0.15, 0.2) is 60.7 Å². The molecule has 6 aromatic rings. The Morgan fingerprint density at radius 2 is 0.971 bits per heavy atom. The van der Waals surface area contributed by atoms with Gasteiger partial charge in [-0.2, -0.15) is 36.9 Å². The van der Waals surface area contributed by atoms with Gasteiger partial charge in [0.1, 0.15) is 25.0 Å². The summed E-state index contributed by atoms with van der Waals surface area (Å²) in [6, 6.07) is 20.4. The van der Waals surface area contributed by atoms with Crippen LogP contribution in [0, 0.1) is 50.4 Å². The Balaban J connectivity index is 0.000000261. The highest BCUT2D eigenvalue weighted by Crippen LogP contribution is 2.51. The third-order valence-corrected chi connectivity index (χ3v) is 15.1. The van der Waals surface area contributed by atoms with E-state index in [0.717, 1.165) is 12.1 Å². The average molecular weight is 1010 g/mol. The Hall–Kier alpha value is -5.75. The van der Waals surface area contributed by atoms with Crippen LogP contribution < -0.4 is 9.47 Å². The number of alkyl halides is 6. The van der Waals surface area contributed by atoms with Gasteiger partial charge in [-0.3, -0.25) is 0 Å². The standard InChI is InChI=1S/2C25H30F3N3O3Si/c1-16-11-17(2)22(21(12-16)33-3)24(32,25(26,27)28)23-30-19-13-18(14-29)7-8-20(19)31(23)15-34-9-10-35(4,5)6;1-16-11-17(2)22(21(12-16)33-3)24(32,25(26,27)28)23-30-19-8-7-18(14-29)13-20(19)31(23)15-34-9-10-35(4,5)6/h2*7-8,11-13,32H,9-10,15H2,1-6H3. The third-order valence-electron chi connectivity index (χ3n) is 11.7. The van der Waals surface area contributed by atoms with Crippen molar-refractivity contribution in [1.29, 1.82) is 10.5 Å². The number of aliphatic hydroxyl groups is 2. The van der Waals surface area contributed by atoms with Crippen LogP contribution in [0.4, 0.5) is 26.3 Å². The minimum absolute atomic E-state index is 0.0988. The average Bonchev–Trinajstić information content (AvgIpc) is 3.82. The largest absolute Gasteiger partial charge is 0.496 e. The van der Waals surface area contributed by atoms with Crippen LogP contribution in [-0.4, -0.2) is 85.2 Å². The lowest BCUT2D eigenvalue weighted by molar-refractivity contribution is -0.253. The molecule has 12 nitrogen and oxygen atoms in total. The topological polar surface area (TPSA) is 161 Å². The highest BCUT2D eigenvalue weighted by atomic mass is 28.3. The normalized spacial score (nSPS) is 14.1. The number of imidazole rings is 2. The molecule has 4 aromatic carbocycles. The molecular weight excluding hydrogens is 951 g/mol. The van der Waals surface area contributed by atoms with Gasteiger partial charge in [-0.05, 0) is 111 Å². The van der Waals surface area contributed by atoms with Crippen molar-refractivity contribution in [2.75, 3.05) is 27.4 Å². The van der Waals surface area contributed by atoms with Crippen molar-refractivity contribution in [3.05, 3.63) is 117 Å². The molecule has 0 aliphatic rings. The summed E-state index contributed by atoms with van der Waals surface area (Å²) in [5.41, 5.74) is -4.63. The number of methoxy groups -OCH3 is 2. The number of ether oxygens (including phenoxy) is 4. The Bertz CT molecular complexity index is 2860. The van der Waals surface area contributed by atoms with Crippen LogP contribution in [0.3, 0.4) is 0 Å². The number of hydrogen-bond acceptors (Lipinski definition) is 10. The molecule has 0 spiro atoms. The molecule has 0 amide bonds. The molecule has 2 heterocycles. The number of benzene rings is 4. The monoisotopic (exact) mass is 1010 g/mol. The number of aromatic nitrogens is 4. The van der Waals surface area contributed by atoms with Gasteiger partial charge in [0.2, 0.25) is 11.2 Å². The first-order valence-electron chi connectivity index (χ1n) is 22.3. The zero-order chi connectivity index (χ0) is 52.4. The molecule has 0 saturated heterocycles. The minimum atomic E-state index is -5.14. The van der Waals surface area contributed by atoms with Gasteiger partial charge in [0.25, 0.3) is 0 Å². The molecule has 376 valence electrons. The first-order valence-corrected chi connectivity index (χ1v) is 29.7. The molecule has 70 heavy (non-hydrogen) atoms. The van der Waals surface area contributed by atoms with E-state index in [4.69, 9.17) is 18.9 Å². The maximum atomic E-state index is 14.8. The lowest BCUT2D eigenvalue weighted by Gasteiger charge is -2.33. The second-order valence-corrected chi connectivity index (χ2v) is 31.0. The second-order valence-electron chi connectivity index (χ2n) is 19.8. The van der Waals surface area contributed by atoms with Gasteiger partial charge in [0.05, 0.1) is 59.6 Å². The molecule has 0 bridgehead atoms. The van der Waals surface area contributed by atoms with E-state index in [1.807, 2.05) is 12.1 Å². The number of fused-ring (bicyclic) bond motifs is 2. The van der Waals surface area contributed by atoms with Gasteiger partial charge in [-0.15, -0.1) is 0 Å². The highest BCUT2D eigenvalue weighted by molar-refractivity contribution is 6.76. The lowest BCUT2D eigenvalue weighted by Crippen LogP contribution is -2.46. The summed E-state index contributed by atoms with van der Waals surface area (Å²) in [4.78, 5) is 8.44. The molecule has 20 heteroatoms. The first-order chi connectivity index (χ1) is 32.4. The van der Waals surface area contributed by atoms with Crippen LogP contribution in [0.1, 0.15) is 56.2 Å². The quantitative estimate of drug-likeness (QED) is 0.0542. The van der Waals surface area contributed by atoms with Crippen molar-refractivity contribution in [2.45, 2.75) is 116 Å². The van der Waals surface area contributed by atoms with Crippen LogP contribution in [-0.2, 0) is 34.1 Å². The van der Waals surface area contributed by atoms with E-state index in [-0.39, 0.29) is 63.8 Å². The molecule has 0 radical (unpaired) electrons. The number of hydrogen-bond donors (Lipinski definition) is 2. The molecule has 0 aliphatic heterocycles. The molecule has 0 fully saturated rings. The first kappa shape index (κ1) is 55.2. The van der Waals surface area contributed by atoms with E-state index in [1.165, 1.54) is 85.7 Å². The highest BCUT2D eigenvalue weighted by Gasteiger charge is 2.62. The van der Waals surface area contributed by atoms with Crippen molar-refractivity contribution in [1.82, 2.24) is 19.1 Å². The van der Waals surface area contributed by atoms with Crippen molar-refractivity contribution in [2.24, 2.45) is 0 Å². The minimum Gasteiger partial charge on any atom is -0.496 e. The van der Waals surface area contributed by atoms with Gasteiger partial charge in [0.15, 0.2) is 11.6 Å². The SMILES string of the molecule is COc1cc(C)cc(C)c1C(O)(c1nc2cc(C#N)ccc2n1COCC[Si](C)(C)C)C(F)(F)F.COc1cc(C)cc(C)c1C(O)(c1nc2ccc(C#N)cc2n1COCC[Si](C)(C)C)C(F)(F)F. The molecule has 2 N–H and O–H groups in total. The number of rotatable bonds is 16. The van der Waals surface area contributed by atoms with E-state index in [9.17, 15) is 47.1 Å². The van der Waals surface area contributed by atoms with Crippen LogP contribution >= 0.6 is 0 Å². The van der Waals surface area contributed by atoms with Crippen LogP contribution in [0.2, 0.25) is 51.4 Å². The van der Waals surface area contributed by atoms with E-state index < -0.39 is 62.5 Å². The lowest BCUT2D eigenvalue weighted by atomic mass is 9.86. The molecule has 2 atom stereocenters. The third kappa shape index (κ3) is 11.5. The molecule has 2 unspecified atom stereocenters. The second kappa shape index (κ2) is 20.9. The fourth-order valence-corrected chi connectivity index (χ4v) is 9.65. The fourth-order valence-electron chi connectivity index (χ4n) is 8.14. The number of aryl methyl sites for hydroxylation is 4. The summed E-state index contributed by atoms with van der Waals surface area (Å²) in [6.07, 6.45) is -10.3. The zero-order valence-corrected chi connectivity index (χ0v) is 43.5. The molecule has 0 aliphatic carbocycles. The van der Waals surface area contributed by atoms with E-state index >= 15 is 0 Å². The summed E-state index contributed by atoms with van der Waals surface area (Å²) in [6.45, 7) is 19.7. The Labute approximate surface area is 406 Å². The van der Waals surface area contributed by atoms with Gasteiger partial charge in [0, 0.05) is 40.5 Å². The van der Waals surface area contributed by atoms with Gasteiger partial charge < -0.3 is 38.3 Å². The summed E-state index contributed by atoms with van der Waals surface area (Å²) in [5, 5.41) is 41.7. The number of nitrogens with zero attached hydrogens (tertiary/aromatic N) is 6. The van der Waals surface area contributed by atoms with Gasteiger partial charge >= 0.3 is 12.4 Å². The van der Waals surface area contributed by atoms with Crippen molar-refractivity contribution in [3.8, 4) is 23.6 Å². The molecule has 6 rings (SSSR count). The number of halogens is 6. The summed E-state index contributed by atoms with van der Waals surface area (Å²) >= 11 is 0. The zero-order valence-electron chi connectivity index (χ0n) is 41.5. The summed E-state index contributed by atoms with van der Waals surface area (Å²) in [7, 11) is -0.360. The van der Waals surface area contributed by atoms with Crippen molar-refractivity contribution < 1.29 is 55.5 Å². The van der Waals surface area contributed by atoms with Gasteiger partial charge in [-0.25, -0.2) is 9.97 Å². The summed E-state index contributed by atoms with van der Waals surface area (Å²) in [5.74, 6) is -1.49. The van der Waals surface area contributed by atoms with Gasteiger partial charge in [-0.1, -0.05) is 51.4 Å². The smallest absolute Gasteiger partial charge is 0.429 e. The molecule has 0 saturated carbocycles. The van der Waals surface area contributed by atoms with Crippen molar-refractivity contribution >= 4 is 38.2 Å². The summed E-state index contributed by atoms with van der Waals surface area (Å²) < 4.78 is 114. The van der Waals surface area contributed by atoms with E-state index in [1.54, 1.807) is 26.0 Å².